The molecule has 1 saturated heterocycles. The first kappa shape index (κ1) is 18.8. The number of carbonyl (C=O) groups is 2. The molecule has 0 bridgehead atoms. The zero-order chi connectivity index (χ0) is 17.7. The average Bonchev–Trinajstić information content (AvgIpc) is 2.83. The van der Waals surface area contributed by atoms with E-state index in [0.717, 1.165) is 17.3 Å². The fourth-order valence-electron chi connectivity index (χ4n) is 2.27. The predicted octanol–water partition coefficient (Wildman–Crippen LogP) is 3.10. The van der Waals surface area contributed by atoms with E-state index in [0.29, 0.717) is 22.8 Å². The Morgan fingerprint density at radius 1 is 1.50 bits per heavy atom. The molecule has 0 saturated carbocycles. The number of hydrogen-bond acceptors (Lipinski definition) is 6. The molecule has 0 radical (unpaired) electrons. The summed E-state index contributed by atoms with van der Waals surface area (Å²) in [5, 5.41) is 9.44. The number of carbonyl (C=O) groups excluding carboxylic acids is 1. The van der Waals surface area contributed by atoms with Crippen LogP contribution < -0.4 is 4.74 Å². The Morgan fingerprint density at radius 2 is 2.21 bits per heavy atom. The zero-order valence-corrected chi connectivity index (χ0v) is 15.7. The summed E-state index contributed by atoms with van der Waals surface area (Å²) >= 11 is 7.90. The van der Waals surface area contributed by atoms with Crippen LogP contribution in [-0.2, 0) is 9.59 Å². The minimum Gasteiger partial charge on any atom is -0.496 e. The number of para-hydroxylation sites is 1. The van der Waals surface area contributed by atoms with Gasteiger partial charge in [0.1, 0.15) is 16.1 Å². The lowest BCUT2D eigenvalue weighted by Crippen LogP contribution is -2.44. The lowest BCUT2D eigenvalue weighted by molar-refractivity contribution is -0.145. The molecule has 5 nitrogen and oxygen atoms in total. The number of benzene rings is 1. The van der Waals surface area contributed by atoms with Crippen molar-refractivity contribution >= 4 is 58.0 Å². The molecule has 1 aromatic rings. The van der Waals surface area contributed by atoms with Gasteiger partial charge in [-0.15, -0.1) is 0 Å². The standard InChI is InChI=1S/C16H17NO4S3/c1-21-12-6-4-3-5-10(12)9-13-14(18)17(16(22)24-13)11(15(19)20)7-8-23-2/h3-6,9,11H,7-8H2,1-2H3,(H,19,20). The third-order valence-electron chi connectivity index (χ3n) is 3.44. The van der Waals surface area contributed by atoms with E-state index in [1.807, 2.05) is 24.5 Å². The summed E-state index contributed by atoms with van der Waals surface area (Å²) in [5.41, 5.74) is 0.747. The maximum absolute atomic E-state index is 12.7. The van der Waals surface area contributed by atoms with Crippen LogP contribution >= 0.6 is 35.7 Å². The Bertz CT molecular complexity index is 690. The summed E-state index contributed by atoms with van der Waals surface area (Å²) in [6.45, 7) is 0. The molecular weight excluding hydrogens is 366 g/mol. The van der Waals surface area contributed by atoms with Gasteiger partial charge in [-0.25, -0.2) is 4.79 Å². The highest BCUT2D eigenvalue weighted by Gasteiger charge is 2.40. The molecule has 1 aliphatic rings. The number of aliphatic carboxylic acids is 1. The maximum atomic E-state index is 12.7. The molecule has 1 unspecified atom stereocenters. The Morgan fingerprint density at radius 3 is 2.83 bits per heavy atom. The normalized spacial score (nSPS) is 17.4. The molecule has 1 N–H and O–H groups in total. The Kier molecular flexibility index (Phi) is 6.70. The largest absolute Gasteiger partial charge is 0.496 e. The van der Waals surface area contributed by atoms with Gasteiger partial charge >= 0.3 is 5.97 Å². The van der Waals surface area contributed by atoms with E-state index in [9.17, 15) is 14.7 Å². The number of amides is 1. The van der Waals surface area contributed by atoms with Crippen molar-refractivity contribution < 1.29 is 19.4 Å². The van der Waals surface area contributed by atoms with Crippen molar-refractivity contribution in [1.29, 1.82) is 0 Å². The number of hydrogen-bond donors (Lipinski definition) is 1. The van der Waals surface area contributed by atoms with Crippen molar-refractivity contribution in [2.75, 3.05) is 19.1 Å². The van der Waals surface area contributed by atoms with Gasteiger partial charge in [-0.1, -0.05) is 42.2 Å². The first-order chi connectivity index (χ1) is 11.5. The van der Waals surface area contributed by atoms with Crippen molar-refractivity contribution in [2.45, 2.75) is 12.5 Å². The predicted molar refractivity (Wildman–Crippen MR) is 102 cm³/mol. The Hall–Kier alpha value is -1.51. The molecule has 128 valence electrons. The molecule has 1 atom stereocenters. The summed E-state index contributed by atoms with van der Waals surface area (Å²) in [6.07, 6.45) is 3.93. The van der Waals surface area contributed by atoms with Gasteiger partial charge in [0, 0.05) is 5.56 Å². The molecule has 0 spiro atoms. The smallest absolute Gasteiger partial charge is 0.326 e. The summed E-state index contributed by atoms with van der Waals surface area (Å²) in [4.78, 5) is 25.8. The fourth-order valence-corrected chi connectivity index (χ4v) is 4.07. The maximum Gasteiger partial charge on any atom is 0.326 e. The van der Waals surface area contributed by atoms with Gasteiger partial charge in [0.2, 0.25) is 0 Å². The van der Waals surface area contributed by atoms with Crippen LogP contribution in [0.1, 0.15) is 12.0 Å². The molecule has 1 aromatic carbocycles. The lowest BCUT2D eigenvalue weighted by atomic mass is 10.1. The lowest BCUT2D eigenvalue weighted by Gasteiger charge is -2.22. The molecule has 0 aliphatic carbocycles. The van der Waals surface area contributed by atoms with E-state index in [2.05, 4.69) is 0 Å². The Balaban J connectivity index is 2.30. The van der Waals surface area contributed by atoms with Gasteiger partial charge in [-0.2, -0.15) is 11.8 Å². The molecule has 1 fully saturated rings. The number of thioether (sulfide) groups is 2. The Labute approximate surface area is 154 Å². The molecule has 1 amide bonds. The van der Waals surface area contributed by atoms with Gasteiger partial charge in [0.25, 0.3) is 5.91 Å². The van der Waals surface area contributed by atoms with Crippen LogP contribution in [0, 0.1) is 0 Å². The van der Waals surface area contributed by atoms with Crippen LogP contribution in [0.3, 0.4) is 0 Å². The van der Waals surface area contributed by atoms with Crippen molar-refractivity contribution in [2.24, 2.45) is 0 Å². The second-order valence-electron chi connectivity index (χ2n) is 4.93. The minimum atomic E-state index is -1.04. The van der Waals surface area contributed by atoms with E-state index in [-0.39, 0.29) is 10.2 Å². The van der Waals surface area contributed by atoms with Crippen molar-refractivity contribution in [3.63, 3.8) is 0 Å². The zero-order valence-electron chi connectivity index (χ0n) is 13.2. The van der Waals surface area contributed by atoms with E-state index in [1.54, 1.807) is 19.3 Å². The topological polar surface area (TPSA) is 66.8 Å². The number of thiocarbonyl (C=S) groups is 1. The van der Waals surface area contributed by atoms with E-state index in [4.69, 9.17) is 17.0 Å². The van der Waals surface area contributed by atoms with Crippen LogP contribution in [-0.4, -0.2) is 51.4 Å². The number of nitrogens with zero attached hydrogens (tertiary/aromatic N) is 1. The van der Waals surface area contributed by atoms with Crippen LogP contribution in [0.5, 0.6) is 5.75 Å². The van der Waals surface area contributed by atoms with E-state index in [1.165, 1.54) is 16.7 Å². The number of methoxy groups -OCH3 is 1. The number of rotatable bonds is 7. The first-order valence-electron chi connectivity index (χ1n) is 7.11. The van der Waals surface area contributed by atoms with Gasteiger partial charge in [0.15, 0.2) is 0 Å². The number of ether oxygens (including phenoxy) is 1. The molecule has 1 heterocycles. The van der Waals surface area contributed by atoms with E-state index >= 15 is 0 Å². The second-order valence-corrected chi connectivity index (χ2v) is 7.59. The first-order valence-corrected chi connectivity index (χ1v) is 9.73. The molecular formula is C16H17NO4S3. The van der Waals surface area contributed by atoms with E-state index < -0.39 is 12.0 Å². The van der Waals surface area contributed by atoms with Crippen molar-refractivity contribution in [1.82, 2.24) is 4.90 Å². The highest BCUT2D eigenvalue weighted by atomic mass is 32.2. The van der Waals surface area contributed by atoms with Crippen molar-refractivity contribution in [3.05, 3.63) is 34.7 Å². The van der Waals surface area contributed by atoms with Crippen LogP contribution in [0.2, 0.25) is 0 Å². The number of carboxylic acid groups (broad SMARTS) is 1. The van der Waals surface area contributed by atoms with Crippen LogP contribution in [0.4, 0.5) is 0 Å². The average molecular weight is 384 g/mol. The molecule has 24 heavy (non-hydrogen) atoms. The summed E-state index contributed by atoms with van der Waals surface area (Å²) < 4.78 is 5.55. The van der Waals surface area contributed by atoms with Crippen LogP contribution in [0.15, 0.2) is 29.2 Å². The molecule has 2 rings (SSSR count). The van der Waals surface area contributed by atoms with Crippen LogP contribution in [0.25, 0.3) is 6.08 Å². The van der Waals surface area contributed by atoms with Crippen molar-refractivity contribution in [3.8, 4) is 5.75 Å². The van der Waals surface area contributed by atoms with Gasteiger partial charge < -0.3 is 9.84 Å². The highest BCUT2D eigenvalue weighted by Crippen LogP contribution is 2.36. The minimum absolute atomic E-state index is 0.273. The summed E-state index contributed by atoms with van der Waals surface area (Å²) in [5.74, 6) is -0.136. The molecule has 0 aromatic heterocycles. The van der Waals surface area contributed by atoms with Gasteiger partial charge in [0.05, 0.1) is 12.0 Å². The van der Waals surface area contributed by atoms with Gasteiger partial charge in [-0.3, -0.25) is 9.69 Å². The van der Waals surface area contributed by atoms with Gasteiger partial charge in [-0.05, 0) is 30.6 Å². The number of carboxylic acids is 1. The summed E-state index contributed by atoms with van der Waals surface area (Å²) in [6, 6.07) is 6.37. The third kappa shape index (κ3) is 4.12. The molecule has 1 aliphatic heterocycles. The molecule has 8 heteroatoms. The second kappa shape index (κ2) is 8.55. The monoisotopic (exact) mass is 383 g/mol. The SMILES string of the molecule is COc1ccccc1C=C1SC(=S)N(C(CCSC)C(=O)O)C1=O. The summed E-state index contributed by atoms with van der Waals surface area (Å²) in [7, 11) is 1.56. The highest BCUT2D eigenvalue weighted by molar-refractivity contribution is 8.26. The third-order valence-corrected chi connectivity index (χ3v) is 5.42. The fraction of sp³-hybridized carbons (Fsp3) is 0.312. The quantitative estimate of drug-likeness (QED) is 0.573.